The van der Waals surface area contributed by atoms with E-state index in [0.717, 1.165) is 25.3 Å². The van der Waals surface area contributed by atoms with Crippen LogP contribution in [0.25, 0.3) is 0 Å². The van der Waals surface area contributed by atoms with E-state index >= 15 is 0 Å². The average Bonchev–Trinajstić information content (AvgIpc) is 2.26. The van der Waals surface area contributed by atoms with Crippen molar-refractivity contribution < 1.29 is 8.78 Å². The number of alkyl halides is 2. The molecule has 0 aliphatic carbocycles. The van der Waals surface area contributed by atoms with Crippen molar-refractivity contribution in [2.24, 2.45) is 0 Å². The van der Waals surface area contributed by atoms with Gasteiger partial charge in [-0.1, -0.05) is 56.2 Å². The van der Waals surface area contributed by atoms with Gasteiger partial charge in [-0.3, -0.25) is 0 Å². The molecule has 0 aromatic heterocycles. The van der Waals surface area contributed by atoms with Crippen molar-refractivity contribution in [1.82, 2.24) is 0 Å². The van der Waals surface area contributed by atoms with E-state index in [1.54, 1.807) is 24.3 Å². The molecule has 0 saturated heterocycles. The van der Waals surface area contributed by atoms with Crippen molar-refractivity contribution in [3.05, 3.63) is 48.0 Å². The number of unbranched alkanes of at least 4 members (excludes halogenated alkanes) is 2. The molecule has 0 heterocycles. The summed E-state index contributed by atoms with van der Waals surface area (Å²) in [4.78, 5) is 0. The monoisotopic (exact) mass is 210 g/mol. The van der Waals surface area contributed by atoms with Crippen molar-refractivity contribution in [2.45, 2.75) is 32.1 Å². The Morgan fingerprint density at radius 3 is 2.47 bits per heavy atom. The number of hydrogen-bond acceptors (Lipinski definition) is 0. The lowest BCUT2D eigenvalue weighted by Gasteiger charge is -2.11. The second-order valence-corrected chi connectivity index (χ2v) is 3.53. The Labute approximate surface area is 89.6 Å². The summed E-state index contributed by atoms with van der Waals surface area (Å²) in [5.74, 6) is -2.84. The molecule has 1 aromatic carbocycles. The second-order valence-electron chi connectivity index (χ2n) is 3.53. The van der Waals surface area contributed by atoms with Gasteiger partial charge in [-0.15, -0.1) is 0 Å². The van der Waals surface area contributed by atoms with Gasteiger partial charge in [0.25, 0.3) is 5.92 Å². The lowest BCUT2D eigenvalue weighted by Crippen LogP contribution is -2.08. The number of halogens is 2. The summed E-state index contributed by atoms with van der Waals surface area (Å²) in [5, 5.41) is 0. The molecule has 0 atom stereocenters. The van der Waals surface area contributed by atoms with E-state index in [0.29, 0.717) is 0 Å². The molecule has 0 N–H and O–H groups in total. The molecule has 0 bridgehead atoms. The van der Waals surface area contributed by atoms with Crippen LogP contribution < -0.4 is 0 Å². The molecular weight excluding hydrogens is 194 g/mol. The molecule has 2 heteroatoms. The van der Waals surface area contributed by atoms with Crippen LogP contribution in [0.2, 0.25) is 0 Å². The fraction of sp³-hybridized carbons (Fsp3) is 0.385. The Kier molecular flexibility index (Phi) is 4.47. The van der Waals surface area contributed by atoms with E-state index in [9.17, 15) is 8.78 Å². The van der Waals surface area contributed by atoms with E-state index in [4.69, 9.17) is 0 Å². The Morgan fingerprint density at radius 2 is 1.87 bits per heavy atom. The van der Waals surface area contributed by atoms with Crippen LogP contribution in [0.3, 0.4) is 0 Å². The van der Waals surface area contributed by atoms with Crippen LogP contribution in [0.5, 0.6) is 0 Å². The average molecular weight is 210 g/mol. The Bertz CT molecular complexity index is 302. The van der Waals surface area contributed by atoms with Gasteiger partial charge in [-0.2, -0.15) is 8.78 Å². The third-order valence-corrected chi connectivity index (χ3v) is 2.21. The fourth-order valence-corrected chi connectivity index (χ4v) is 1.31. The van der Waals surface area contributed by atoms with Crippen LogP contribution >= 0.6 is 0 Å². The first-order valence-electron chi connectivity index (χ1n) is 5.28. The minimum atomic E-state index is -2.84. The molecule has 0 fully saturated rings. The van der Waals surface area contributed by atoms with E-state index in [-0.39, 0.29) is 5.56 Å². The summed E-state index contributed by atoms with van der Waals surface area (Å²) in [7, 11) is 0. The highest BCUT2D eigenvalue weighted by Crippen LogP contribution is 2.29. The van der Waals surface area contributed by atoms with Crippen LogP contribution in [0.4, 0.5) is 8.78 Å². The summed E-state index contributed by atoms with van der Waals surface area (Å²) >= 11 is 0. The zero-order valence-electron chi connectivity index (χ0n) is 8.92. The number of rotatable bonds is 5. The third kappa shape index (κ3) is 3.82. The van der Waals surface area contributed by atoms with Crippen molar-refractivity contribution in [2.75, 3.05) is 0 Å². The van der Waals surface area contributed by atoms with Crippen molar-refractivity contribution in [1.29, 1.82) is 0 Å². The molecule has 0 spiro atoms. The normalized spacial score (nSPS) is 12.2. The van der Waals surface area contributed by atoms with Crippen molar-refractivity contribution in [3.8, 4) is 0 Å². The quantitative estimate of drug-likeness (QED) is 0.495. The van der Waals surface area contributed by atoms with Crippen molar-refractivity contribution in [3.63, 3.8) is 0 Å². The number of benzene rings is 1. The van der Waals surface area contributed by atoms with Crippen molar-refractivity contribution >= 4 is 0 Å². The van der Waals surface area contributed by atoms with Gasteiger partial charge in [0.15, 0.2) is 0 Å². The van der Waals surface area contributed by atoms with Gasteiger partial charge in [-0.25, -0.2) is 0 Å². The lowest BCUT2D eigenvalue weighted by molar-refractivity contribution is 0.0518. The summed E-state index contributed by atoms with van der Waals surface area (Å²) in [6, 6.07) is 7.89. The summed E-state index contributed by atoms with van der Waals surface area (Å²) in [5.41, 5.74) is 0.0535. The molecule has 0 aliphatic heterocycles. The van der Waals surface area contributed by atoms with E-state index in [1.807, 2.05) is 6.92 Å². The molecule has 1 aromatic rings. The smallest absolute Gasteiger partial charge is 0.197 e. The molecular formula is C13H16F2. The maximum atomic E-state index is 13.5. The number of allylic oxidation sites excluding steroid dienone is 2. The number of hydrogen-bond donors (Lipinski definition) is 0. The van der Waals surface area contributed by atoms with Crippen LogP contribution in [0, 0.1) is 0 Å². The van der Waals surface area contributed by atoms with Crippen LogP contribution in [0.1, 0.15) is 31.7 Å². The summed E-state index contributed by atoms with van der Waals surface area (Å²) in [6.07, 6.45) is 5.27. The minimum Gasteiger partial charge on any atom is -0.197 e. The highest BCUT2D eigenvalue weighted by atomic mass is 19.3. The minimum absolute atomic E-state index is 0.0535. The first-order chi connectivity index (χ1) is 7.17. The predicted octanol–water partition coefficient (Wildman–Crippen LogP) is 4.52. The van der Waals surface area contributed by atoms with E-state index in [2.05, 4.69) is 0 Å². The Morgan fingerprint density at radius 1 is 1.20 bits per heavy atom. The molecule has 0 nitrogen and oxygen atoms in total. The van der Waals surface area contributed by atoms with Gasteiger partial charge in [0.2, 0.25) is 0 Å². The van der Waals surface area contributed by atoms with Crippen LogP contribution in [-0.2, 0) is 5.92 Å². The predicted molar refractivity (Wildman–Crippen MR) is 59.0 cm³/mol. The first-order valence-corrected chi connectivity index (χ1v) is 5.28. The fourth-order valence-electron chi connectivity index (χ4n) is 1.31. The highest BCUT2D eigenvalue weighted by Gasteiger charge is 2.26. The topological polar surface area (TPSA) is 0 Å². The third-order valence-electron chi connectivity index (χ3n) is 2.21. The van der Waals surface area contributed by atoms with Gasteiger partial charge < -0.3 is 0 Å². The SMILES string of the molecule is CCCC/C=C\C(F)(F)c1ccccc1. The van der Waals surface area contributed by atoms with Gasteiger partial charge >= 0.3 is 0 Å². The molecule has 0 amide bonds. The zero-order chi connectivity index (χ0) is 11.1. The maximum absolute atomic E-state index is 13.5. The summed E-state index contributed by atoms with van der Waals surface area (Å²) in [6.45, 7) is 2.04. The largest absolute Gasteiger partial charge is 0.291 e. The first kappa shape index (κ1) is 11.9. The van der Waals surface area contributed by atoms with E-state index < -0.39 is 5.92 Å². The molecule has 0 unspecified atom stereocenters. The second kappa shape index (κ2) is 5.64. The molecule has 0 aliphatic rings. The van der Waals surface area contributed by atoms with Gasteiger partial charge in [-0.05, 0) is 12.5 Å². The van der Waals surface area contributed by atoms with Gasteiger partial charge in [0, 0.05) is 5.56 Å². The molecule has 1 rings (SSSR count). The van der Waals surface area contributed by atoms with Crippen LogP contribution in [-0.4, -0.2) is 0 Å². The van der Waals surface area contributed by atoms with Crippen LogP contribution in [0.15, 0.2) is 42.5 Å². The highest BCUT2D eigenvalue weighted by molar-refractivity contribution is 5.24. The molecule has 0 saturated carbocycles. The zero-order valence-corrected chi connectivity index (χ0v) is 8.92. The standard InChI is InChI=1S/C13H16F2/c1-2-3-4-8-11-13(14,15)12-9-6-5-7-10-12/h5-11H,2-4H2,1H3/b11-8-. The molecule has 82 valence electrons. The summed E-state index contributed by atoms with van der Waals surface area (Å²) < 4.78 is 27.0. The molecule has 15 heavy (non-hydrogen) atoms. The maximum Gasteiger partial charge on any atom is 0.291 e. The van der Waals surface area contributed by atoms with E-state index in [1.165, 1.54) is 12.1 Å². The van der Waals surface area contributed by atoms with Gasteiger partial charge in [0.05, 0.1) is 0 Å². The Balaban J connectivity index is 2.63. The molecule has 0 radical (unpaired) electrons. The Hall–Kier alpha value is -1.18. The lowest BCUT2D eigenvalue weighted by atomic mass is 10.1. The van der Waals surface area contributed by atoms with Gasteiger partial charge in [0.1, 0.15) is 0 Å².